The van der Waals surface area contributed by atoms with Gasteiger partial charge in [0.05, 0.1) is 12.6 Å². The van der Waals surface area contributed by atoms with E-state index >= 15 is 0 Å². The van der Waals surface area contributed by atoms with E-state index in [0.29, 0.717) is 13.0 Å². The molecule has 17 heavy (non-hydrogen) atoms. The summed E-state index contributed by atoms with van der Waals surface area (Å²) in [6.07, 6.45) is 3.23. The van der Waals surface area contributed by atoms with E-state index in [0.717, 1.165) is 12.2 Å². The van der Waals surface area contributed by atoms with Crippen LogP contribution < -0.4 is 0 Å². The number of nitrogens with zero attached hydrogens (tertiary/aromatic N) is 1. The highest BCUT2D eigenvalue weighted by Gasteiger charge is 2.34. The molecule has 0 radical (unpaired) electrons. The van der Waals surface area contributed by atoms with Crippen molar-refractivity contribution in [3.05, 3.63) is 0 Å². The van der Waals surface area contributed by atoms with Crippen molar-refractivity contribution in [2.24, 2.45) is 0 Å². The van der Waals surface area contributed by atoms with Gasteiger partial charge in [-0.3, -0.25) is 9.59 Å². The third kappa shape index (κ3) is 4.52. The van der Waals surface area contributed by atoms with Crippen LogP contribution in [0.15, 0.2) is 0 Å². The zero-order valence-electron chi connectivity index (χ0n) is 10.2. The Balaban J connectivity index is 2.52. The first-order valence-corrected chi connectivity index (χ1v) is 7.92. The summed E-state index contributed by atoms with van der Waals surface area (Å²) < 4.78 is 0. The van der Waals surface area contributed by atoms with E-state index in [1.807, 2.05) is 6.26 Å². The van der Waals surface area contributed by atoms with E-state index < -0.39 is 0 Å². The van der Waals surface area contributed by atoms with Crippen LogP contribution >= 0.6 is 23.5 Å². The summed E-state index contributed by atoms with van der Waals surface area (Å²) in [5.41, 5.74) is 0. The van der Waals surface area contributed by atoms with Crippen LogP contribution in [0.5, 0.6) is 0 Å². The first kappa shape index (κ1) is 14.9. The van der Waals surface area contributed by atoms with Crippen molar-refractivity contribution < 1.29 is 14.7 Å². The molecule has 1 heterocycles. The van der Waals surface area contributed by atoms with Crippen molar-refractivity contribution in [1.29, 1.82) is 0 Å². The van der Waals surface area contributed by atoms with Crippen LogP contribution in [0.2, 0.25) is 0 Å². The van der Waals surface area contributed by atoms with Gasteiger partial charge in [0, 0.05) is 25.1 Å². The molecule has 1 saturated heterocycles. The highest BCUT2D eigenvalue weighted by molar-refractivity contribution is 8.14. The molecule has 1 rings (SSSR count). The van der Waals surface area contributed by atoms with Crippen LogP contribution in [-0.4, -0.2) is 57.5 Å². The molecule has 1 N–H and O–H groups in total. The number of aliphatic hydroxyl groups excluding tert-OH is 1. The Morgan fingerprint density at radius 3 is 2.88 bits per heavy atom. The van der Waals surface area contributed by atoms with E-state index in [9.17, 15) is 14.7 Å². The monoisotopic (exact) mass is 277 g/mol. The minimum Gasteiger partial charge on any atom is -0.394 e. The quantitative estimate of drug-likeness (QED) is 0.784. The van der Waals surface area contributed by atoms with Crippen LogP contribution in [-0.2, 0) is 9.59 Å². The average Bonchev–Trinajstić information content (AvgIpc) is 2.60. The predicted octanol–water partition coefficient (Wildman–Crippen LogP) is 0.981. The molecule has 1 amide bonds. The number of aliphatic hydroxyl groups is 1. The van der Waals surface area contributed by atoms with Gasteiger partial charge in [-0.25, -0.2) is 0 Å². The number of hydrogen-bond acceptors (Lipinski definition) is 5. The Hall–Kier alpha value is -0.200. The molecule has 2 atom stereocenters. The predicted molar refractivity (Wildman–Crippen MR) is 72.3 cm³/mol. The van der Waals surface area contributed by atoms with Gasteiger partial charge < -0.3 is 10.0 Å². The van der Waals surface area contributed by atoms with Gasteiger partial charge in [-0.2, -0.15) is 11.8 Å². The second kappa shape index (κ2) is 7.28. The fourth-order valence-electron chi connectivity index (χ4n) is 1.96. The van der Waals surface area contributed by atoms with Crippen LogP contribution in [0.4, 0.5) is 0 Å². The Morgan fingerprint density at radius 1 is 1.65 bits per heavy atom. The van der Waals surface area contributed by atoms with E-state index in [2.05, 4.69) is 0 Å². The molecule has 0 aromatic carbocycles. The van der Waals surface area contributed by atoms with Crippen molar-refractivity contribution in [2.45, 2.75) is 31.1 Å². The van der Waals surface area contributed by atoms with Crippen molar-refractivity contribution in [1.82, 2.24) is 4.90 Å². The number of amides is 1. The maximum Gasteiger partial charge on any atom is 0.224 e. The van der Waals surface area contributed by atoms with Gasteiger partial charge in [0.25, 0.3) is 0 Å². The normalized spacial score (nSPS) is 21.9. The number of rotatable bonds is 6. The molecule has 98 valence electrons. The van der Waals surface area contributed by atoms with Crippen LogP contribution in [0.3, 0.4) is 0 Å². The molecule has 0 aliphatic carbocycles. The van der Waals surface area contributed by atoms with E-state index in [4.69, 9.17) is 0 Å². The van der Waals surface area contributed by atoms with Crippen LogP contribution in [0, 0.1) is 0 Å². The topological polar surface area (TPSA) is 57.6 Å². The molecule has 0 saturated carbocycles. The highest BCUT2D eigenvalue weighted by Crippen LogP contribution is 2.26. The largest absolute Gasteiger partial charge is 0.394 e. The molecule has 0 spiro atoms. The summed E-state index contributed by atoms with van der Waals surface area (Å²) in [5.74, 6) is 0.989. The van der Waals surface area contributed by atoms with Crippen molar-refractivity contribution in [3.63, 3.8) is 0 Å². The fourth-order valence-corrected chi connectivity index (χ4v) is 3.40. The average molecular weight is 277 g/mol. The van der Waals surface area contributed by atoms with Gasteiger partial charge in [0.15, 0.2) is 5.12 Å². The van der Waals surface area contributed by atoms with Gasteiger partial charge in [-0.15, -0.1) is 0 Å². The van der Waals surface area contributed by atoms with Gasteiger partial charge in [0.2, 0.25) is 5.91 Å². The minimum absolute atomic E-state index is 0.00373. The second-order valence-electron chi connectivity index (χ2n) is 4.10. The Bertz CT molecular complexity index is 286. The second-order valence-corrected chi connectivity index (χ2v) is 6.56. The maximum absolute atomic E-state index is 11.8. The van der Waals surface area contributed by atoms with Gasteiger partial charge >= 0.3 is 0 Å². The molecule has 0 aromatic heterocycles. The lowest BCUT2D eigenvalue weighted by Gasteiger charge is -2.26. The third-order valence-electron chi connectivity index (χ3n) is 2.76. The van der Waals surface area contributed by atoms with E-state index in [-0.39, 0.29) is 28.9 Å². The van der Waals surface area contributed by atoms with Crippen LogP contribution in [0.1, 0.15) is 19.8 Å². The molecule has 4 nitrogen and oxygen atoms in total. The Kier molecular flexibility index (Phi) is 6.37. The van der Waals surface area contributed by atoms with E-state index in [1.165, 1.54) is 18.7 Å². The first-order chi connectivity index (χ1) is 8.08. The highest BCUT2D eigenvalue weighted by atomic mass is 32.2. The number of likely N-dealkylation sites (tertiary alicyclic amines) is 1. The Labute approximate surface area is 111 Å². The molecule has 1 fully saturated rings. The lowest BCUT2D eigenvalue weighted by molar-refractivity contribution is -0.130. The van der Waals surface area contributed by atoms with E-state index in [1.54, 1.807) is 16.7 Å². The third-order valence-corrected chi connectivity index (χ3v) is 4.39. The smallest absolute Gasteiger partial charge is 0.224 e. The molecule has 1 aliphatic rings. The molecule has 0 bridgehead atoms. The fraction of sp³-hybridized carbons (Fsp3) is 0.818. The molecule has 6 heteroatoms. The van der Waals surface area contributed by atoms with Gasteiger partial charge in [-0.05, 0) is 18.4 Å². The number of carbonyl (C=O) groups is 2. The first-order valence-electron chi connectivity index (χ1n) is 5.65. The molecular weight excluding hydrogens is 258 g/mol. The number of carbonyl (C=O) groups excluding carboxylic acids is 2. The van der Waals surface area contributed by atoms with Gasteiger partial charge in [0.1, 0.15) is 0 Å². The Morgan fingerprint density at radius 2 is 2.35 bits per heavy atom. The zero-order chi connectivity index (χ0) is 12.8. The zero-order valence-corrected chi connectivity index (χ0v) is 11.9. The summed E-state index contributed by atoms with van der Waals surface area (Å²) >= 11 is 2.94. The lowest BCUT2D eigenvalue weighted by Crippen LogP contribution is -2.39. The number of hydrogen-bond donors (Lipinski definition) is 1. The SMILES string of the molecule is CSCCC(CO)N1CC(SC(C)=O)CC1=O. The van der Waals surface area contributed by atoms with Crippen molar-refractivity contribution in [2.75, 3.05) is 25.2 Å². The standard InChI is InChI=1S/C11H19NO3S2/c1-8(14)17-10-5-11(15)12(6-10)9(7-13)3-4-16-2/h9-10,13H,3-7H2,1-2H3. The summed E-state index contributed by atoms with van der Waals surface area (Å²) in [4.78, 5) is 24.6. The summed E-state index contributed by atoms with van der Waals surface area (Å²) in [6, 6.07) is -0.0903. The van der Waals surface area contributed by atoms with Gasteiger partial charge in [-0.1, -0.05) is 11.8 Å². The summed E-state index contributed by atoms with van der Waals surface area (Å²) in [6.45, 7) is 2.11. The summed E-state index contributed by atoms with van der Waals surface area (Å²) in [7, 11) is 0. The van der Waals surface area contributed by atoms with Crippen molar-refractivity contribution in [3.8, 4) is 0 Å². The molecule has 0 aromatic rings. The molecule has 1 aliphatic heterocycles. The number of thioether (sulfide) groups is 2. The maximum atomic E-state index is 11.8. The summed E-state index contributed by atoms with van der Waals surface area (Å²) in [5, 5.41) is 9.43. The molecular formula is C11H19NO3S2. The molecule has 2 unspecified atom stereocenters. The van der Waals surface area contributed by atoms with Crippen LogP contribution in [0.25, 0.3) is 0 Å². The lowest BCUT2D eigenvalue weighted by atomic mass is 10.2. The minimum atomic E-state index is -0.0903. The van der Waals surface area contributed by atoms with Crippen molar-refractivity contribution >= 4 is 34.5 Å².